The van der Waals surface area contributed by atoms with Crippen molar-refractivity contribution >= 4 is 83.6 Å². The molecule has 0 aliphatic rings. The van der Waals surface area contributed by atoms with Gasteiger partial charge >= 0.3 is 394 Å². The van der Waals surface area contributed by atoms with Crippen molar-refractivity contribution in [3.8, 4) is 20.0 Å². The fraction of sp³-hybridized carbons (Fsp3) is 0.741. The summed E-state index contributed by atoms with van der Waals surface area (Å²) in [5, 5.41) is 0. The summed E-state index contributed by atoms with van der Waals surface area (Å²) in [6.45, 7) is 9.14. The molecule has 2 nitrogen and oxygen atoms in total. The summed E-state index contributed by atoms with van der Waals surface area (Å²) in [7, 11) is 0. The fourth-order valence-electron chi connectivity index (χ4n) is 9.61. The number of rotatable bonds is 38. The number of unbranched alkanes of at least 4 members (excludes halogenated alkanes) is 24. The van der Waals surface area contributed by atoms with Crippen molar-refractivity contribution in [2.45, 2.75) is 246 Å². The molecule has 0 spiro atoms. The van der Waals surface area contributed by atoms with E-state index in [0.29, 0.717) is 34.0 Å². The van der Waals surface area contributed by atoms with Crippen LogP contribution >= 0.6 is 43.6 Å². The summed E-state index contributed by atoms with van der Waals surface area (Å²) >= 11 is 8.71. The van der Waals surface area contributed by atoms with E-state index in [1.165, 1.54) is 223 Å². The van der Waals surface area contributed by atoms with Crippen molar-refractivity contribution in [1.82, 2.24) is 8.75 Å². The second kappa shape index (κ2) is 33.4. The molecule has 0 N–H and O–H groups in total. The molecule has 0 radical (unpaired) electrons. The van der Waals surface area contributed by atoms with Crippen LogP contribution in [0, 0.1) is 23.5 Å². The van der Waals surface area contributed by atoms with E-state index in [1.54, 1.807) is 0 Å². The first kappa shape index (κ1) is 55.5. The van der Waals surface area contributed by atoms with E-state index >= 15 is 8.78 Å². The van der Waals surface area contributed by atoms with Gasteiger partial charge in [-0.1, -0.05) is 26.7 Å². The normalized spacial score (nSPS) is 12.9. The molecule has 0 aliphatic carbocycles. The van der Waals surface area contributed by atoms with Crippen LogP contribution < -0.4 is 0 Å². The summed E-state index contributed by atoms with van der Waals surface area (Å²) < 4.78 is 46.9. The molecule has 0 aliphatic heterocycles. The second-order valence-corrected chi connectivity index (χ2v) is 27.8. The maximum absolute atomic E-state index is 16.7. The van der Waals surface area contributed by atoms with Gasteiger partial charge < -0.3 is 0 Å². The van der Waals surface area contributed by atoms with E-state index in [2.05, 4.69) is 71.7 Å². The van der Waals surface area contributed by atoms with Crippen LogP contribution in [0.15, 0.2) is 18.8 Å². The summed E-state index contributed by atoms with van der Waals surface area (Å²) in [4.78, 5) is 0. The molecule has 0 bridgehead atoms. The SMILES string of the molecule is CCCCCCCCCCC(CCCCCCCC)Cc1cc(-c2c(F)c(F)c(-c3cc(CC(CCCCCCCC)CCCCCCCCCC)c(Br)[se]3)c3nsnc23)[se]c1Br. The van der Waals surface area contributed by atoms with E-state index in [9.17, 15) is 0 Å². The molecule has 1 aromatic carbocycles. The maximum atomic E-state index is 16.7. The Kier molecular flexibility index (Phi) is 29.4. The molecule has 0 fully saturated rings. The zero-order valence-corrected chi connectivity index (χ0v) is 47.4. The third-order valence-electron chi connectivity index (χ3n) is 13.5. The van der Waals surface area contributed by atoms with Gasteiger partial charge in [-0.05, 0) is 0 Å². The summed E-state index contributed by atoms with van der Waals surface area (Å²) in [5.41, 5.74) is 4.30. The molecular formula is C54H84Br2F2N2SSe2. The third-order valence-corrected chi connectivity index (χ3v) is 20.8. The molecule has 2 atom stereocenters. The molecule has 4 aromatic rings. The molecule has 4 rings (SSSR count). The molecule has 3 aromatic heterocycles. The van der Waals surface area contributed by atoms with E-state index in [-0.39, 0.29) is 29.0 Å². The van der Waals surface area contributed by atoms with Crippen LogP contribution in [0.2, 0.25) is 0 Å². The van der Waals surface area contributed by atoms with Crippen molar-refractivity contribution in [1.29, 1.82) is 0 Å². The van der Waals surface area contributed by atoms with Crippen molar-refractivity contribution in [2.75, 3.05) is 0 Å². The Morgan fingerprint density at radius 1 is 0.444 bits per heavy atom. The van der Waals surface area contributed by atoms with Gasteiger partial charge in [0, 0.05) is 0 Å². The van der Waals surface area contributed by atoms with E-state index in [0.717, 1.165) is 33.4 Å². The minimum atomic E-state index is -0.751. The van der Waals surface area contributed by atoms with Gasteiger partial charge in [0.1, 0.15) is 0 Å². The molecular weight excluding hydrogens is 1060 g/mol. The van der Waals surface area contributed by atoms with E-state index < -0.39 is 11.6 Å². The topological polar surface area (TPSA) is 25.8 Å². The number of nitrogens with zero attached hydrogens (tertiary/aromatic N) is 2. The summed E-state index contributed by atoms with van der Waals surface area (Å²) in [6.07, 6.45) is 44.3. The Balaban J connectivity index is 1.49. The zero-order chi connectivity index (χ0) is 45.1. The average Bonchev–Trinajstić information content (AvgIpc) is 4.00. The number of aromatic nitrogens is 2. The van der Waals surface area contributed by atoms with Crippen LogP contribution in [0.1, 0.15) is 244 Å². The van der Waals surface area contributed by atoms with Gasteiger partial charge in [-0.3, -0.25) is 0 Å². The average molecular weight is 1150 g/mol. The number of hydrogen-bond donors (Lipinski definition) is 0. The number of hydrogen-bond acceptors (Lipinski definition) is 3. The number of halogens is 4. The zero-order valence-electron chi connectivity index (χ0n) is 40.0. The quantitative estimate of drug-likeness (QED) is 0.0330. The Morgan fingerprint density at radius 2 is 0.714 bits per heavy atom. The van der Waals surface area contributed by atoms with Gasteiger partial charge in [0.15, 0.2) is 0 Å². The Hall–Kier alpha value is -0.141. The predicted molar refractivity (Wildman–Crippen MR) is 282 cm³/mol. The Bertz CT molecular complexity index is 1680. The molecule has 0 amide bonds. The molecule has 9 heteroatoms. The number of fused-ring (bicyclic) bond motifs is 1. The van der Waals surface area contributed by atoms with Gasteiger partial charge in [-0.15, -0.1) is 0 Å². The predicted octanol–water partition coefficient (Wildman–Crippen LogP) is 19.8. The fourth-order valence-corrected chi connectivity index (χ4v) is 16.5. The van der Waals surface area contributed by atoms with Crippen molar-refractivity contribution < 1.29 is 8.78 Å². The van der Waals surface area contributed by atoms with Gasteiger partial charge in [-0.25, -0.2) is 0 Å². The molecule has 0 saturated heterocycles. The molecule has 356 valence electrons. The summed E-state index contributed by atoms with van der Waals surface area (Å²) in [5.74, 6) is -0.256. The second-order valence-electron chi connectivity index (χ2n) is 18.9. The third kappa shape index (κ3) is 19.8. The first-order valence-corrected chi connectivity index (χ1v) is 31.8. The molecule has 2 unspecified atom stereocenters. The standard InChI is InChI=1S/C54H84Br2F2N2SSe2/c1-5-9-13-17-21-23-27-31-35-41(33-29-25-19-15-11-7-3)37-43-39-45(62-53(43)55)47-49(57)50(58)48(52-51(47)59-61-60-52)46-40-44(54(56)63-46)38-42(34-30-26-20-16-12-8-4)36-32-28-24-22-18-14-10-6-2/h39-42H,5-38H2,1-4H3. The van der Waals surface area contributed by atoms with Crippen LogP contribution in [-0.2, 0) is 12.8 Å². The minimum absolute atomic E-state index is 0.141. The first-order valence-electron chi connectivity index (χ1n) is 26.0. The van der Waals surface area contributed by atoms with Crippen molar-refractivity contribution in [2.24, 2.45) is 11.8 Å². The van der Waals surface area contributed by atoms with Crippen LogP contribution in [-0.4, -0.2) is 37.8 Å². The summed E-state index contributed by atoms with van der Waals surface area (Å²) in [6, 6.07) is 4.38. The van der Waals surface area contributed by atoms with Gasteiger partial charge in [0.2, 0.25) is 0 Å². The van der Waals surface area contributed by atoms with Crippen LogP contribution in [0.5, 0.6) is 0 Å². The van der Waals surface area contributed by atoms with Crippen molar-refractivity contribution in [3.05, 3.63) is 41.6 Å². The number of benzene rings is 1. The molecule has 0 saturated carbocycles. The van der Waals surface area contributed by atoms with Crippen LogP contribution in [0.4, 0.5) is 8.78 Å². The first-order chi connectivity index (χ1) is 30.8. The van der Waals surface area contributed by atoms with Crippen LogP contribution in [0.3, 0.4) is 0 Å². The monoisotopic (exact) mass is 1150 g/mol. The van der Waals surface area contributed by atoms with Gasteiger partial charge in [-0.2, -0.15) is 0 Å². The van der Waals surface area contributed by atoms with Gasteiger partial charge in [0.25, 0.3) is 0 Å². The van der Waals surface area contributed by atoms with Crippen molar-refractivity contribution in [3.63, 3.8) is 0 Å². The molecule has 3 heterocycles. The van der Waals surface area contributed by atoms with E-state index in [4.69, 9.17) is 8.75 Å². The Morgan fingerprint density at radius 3 is 1.00 bits per heavy atom. The van der Waals surface area contributed by atoms with Crippen LogP contribution in [0.25, 0.3) is 31.0 Å². The Labute approximate surface area is 417 Å². The molecule has 63 heavy (non-hydrogen) atoms. The van der Waals surface area contributed by atoms with Gasteiger partial charge in [0.05, 0.1) is 0 Å². The van der Waals surface area contributed by atoms with E-state index in [1.807, 2.05) is 0 Å².